The number of thioether (sulfide) groups is 1. The Morgan fingerprint density at radius 1 is 1.20 bits per heavy atom. The highest BCUT2D eigenvalue weighted by molar-refractivity contribution is 7.99. The van der Waals surface area contributed by atoms with Crippen LogP contribution in [0, 0.1) is 0 Å². The van der Waals surface area contributed by atoms with Gasteiger partial charge in [0.2, 0.25) is 0 Å². The molecule has 1 heterocycles. The van der Waals surface area contributed by atoms with Crippen molar-refractivity contribution in [3.8, 4) is 5.75 Å². The van der Waals surface area contributed by atoms with Gasteiger partial charge < -0.3 is 4.74 Å². The standard InChI is InChI=1S/C16H13ClO2S/c17-12-6-2-1-5-11(12)9-13(18)15-10-20-16-8-4-3-7-14(16)19-15/h1-8,15H,9-10H2. The number of ether oxygens (including phenoxy) is 1. The summed E-state index contributed by atoms with van der Waals surface area (Å²) in [5.41, 5.74) is 0.853. The van der Waals surface area contributed by atoms with Gasteiger partial charge in [0.05, 0.1) is 0 Å². The van der Waals surface area contributed by atoms with E-state index in [0.717, 1.165) is 16.2 Å². The molecule has 0 N–H and O–H groups in total. The van der Waals surface area contributed by atoms with Crippen LogP contribution in [0.4, 0.5) is 0 Å². The zero-order valence-electron chi connectivity index (χ0n) is 10.7. The number of carbonyl (C=O) groups excluding carboxylic acids is 1. The first-order valence-corrected chi connectivity index (χ1v) is 7.75. The first-order valence-electron chi connectivity index (χ1n) is 6.38. The summed E-state index contributed by atoms with van der Waals surface area (Å²) < 4.78 is 5.79. The molecule has 20 heavy (non-hydrogen) atoms. The van der Waals surface area contributed by atoms with Crippen molar-refractivity contribution in [3.63, 3.8) is 0 Å². The molecular formula is C16H13ClO2S. The Morgan fingerprint density at radius 2 is 1.95 bits per heavy atom. The van der Waals surface area contributed by atoms with E-state index in [-0.39, 0.29) is 5.78 Å². The van der Waals surface area contributed by atoms with Gasteiger partial charge in [0.1, 0.15) is 5.75 Å². The molecule has 1 aliphatic rings. The van der Waals surface area contributed by atoms with E-state index < -0.39 is 6.10 Å². The number of rotatable bonds is 3. The molecule has 1 atom stereocenters. The van der Waals surface area contributed by atoms with Gasteiger partial charge >= 0.3 is 0 Å². The summed E-state index contributed by atoms with van der Waals surface area (Å²) >= 11 is 7.75. The molecular weight excluding hydrogens is 292 g/mol. The van der Waals surface area contributed by atoms with E-state index in [2.05, 4.69) is 0 Å². The van der Waals surface area contributed by atoms with Crippen LogP contribution in [-0.4, -0.2) is 17.6 Å². The minimum atomic E-state index is -0.397. The highest BCUT2D eigenvalue weighted by Gasteiger charge is 2.26. The average molecular weight is 305 g/mol. The summed E-state index contributed by atoms with van der Waals surface area (Å²) in [7, 11) is 0. The minimum Gasteiger partial charge on any atom is -0.481 e. The Kier molecular flexibility index (Phi) is 3.99. The van der Waals surface area contributed by atoms with Crippen molar-refractivity contribution in [2.45, 2.75) is 17.4 Å². The van der Waals surface area contributed by atoms with Crippen molar-refractivity contribution in [2.24, 2.45) is 0 Å². The fraction of sp³-hybridized carbons (Fsp3) is 0.188. The molecule has 0 amide bonds. The van der Waals surface area contributed by atoms with Crippen LogP contribution in [0.2, 0.25) is 5.02 Å². The number of carbonyl (C=O) groups is 1. The number of benzene rings is 2. The molecule has 0 bridgehead atoms. The number of hydrogen-bond acceptors (Lipinski definition) is 3. The van der Waals surface area contributed by atoms with Crippen LogP contribution in [0.1, 0.15) is 5.56 Å². The summed E-state index contributed by atoms with van der Waals surface area (Å²) in [6, 6.07) is 15.2. The Morgan fingerprint density at radius 3 is 2.80 bits per heavy atom. The Hall–Kier alpha value is -1.45. The molecule has 102 valence electrons. The smallest absolute Gasteiger partial charge is 0.178 e. The zero-order valence-corrected chi connectivity index (χ0v) is 12.3. The molecule has 1 unspecified atom stereocenters. The van der Waals surface area contributed by atoms with Crippen molar-refractivity contribution in [2.75, 3.05) is 5.75 Å². The predicted octanol–water partition coefficient (Wildman–Crippen LogP) is 4.00. The maximum absolute atomic E-state index is 12.3. The van der Waals surface area contributed by atoms with E-state index in [4.69, 9.17) is 16.3 Å². The number of ketones is 1. The fourth-order valence-electron chi connectivity index (χ4n) is 2.12. The minimum absolute atomic E-state index is 0.0695. The summed E-state index contributed by atoms with van der Waals surface area (Å²) in [5, 5.41) is 0.629. The highest BCUT2D eigenvalue weighted by Crippen LogP contribution is 2.35. The lowest BCUT2D eigenvalue weighted by Crippen LogP contribution is -2.33. The van der Waals surface area contributed by atoms with E-state index in [9.17, 15) is 4.79 Å². The van der Waals surface area contributed by atoms with Crippen molar-refractivity contribution in [1.82, 2.24) is 0 Å². The van der Waals surface area contributed by atoms with E-state index in [1.165, 1.54) is 0 Å². The van der Waals surface area contributed by atoms with Crippen LogP contribution in [0.25, 0.3) is 0 Å². The van der Waals surface area contributed by atoms with Crippen LogP contribution in [-0.2, 0) is 11.2 Å². The summed E-state index contributed by atoms with van der Waals surface area (Å²) in [6.07, 6.45) is -0.0845. The molecule has 0 radical (unpaired) electrons. The molecule has 0 fully saturated rings. The number of para-hydroxylation sites is 1. The van der Waals surface area contributed by atoms with Gasteiger partial charge in [-0.3, -0.25) is 4.79 Å². The molecule has 1 aliphatic heterocycles. The lowest BCUT2D eigenvalue weighted by Gasteiger charge is -2.24. The predicted molar refractivity (Wildman–Crippen MR) is 81.7 cm³/mol. The number of halogens is 1. The average Bonchev–Trinajstić information content (AvgIpc) is 2.49. The van der Waals surface area contributed by atoms with Crippen LogP contribution in [0.5, 0.6) is 5.75 Å². The highest BCUT2D eigenvalue weighted by atomic mass is 35.5. The van der Waals surface area contributed by atoms with Gasteiger partial charge in [-0.15, -0.1) is 11.8 Å². The first-order chi connectivity index (χ1) is 9.74. The van der Waals surface area contributed by atoms with Gasteiger partial charge in [-0.25, -0.2) is 0 Å². The number of fused-ring (bicyclic) bond motifs is 1. The molecule has 3 rings (SSSR count). The maximum atomic E-state index is 12.3. The monoisotopic (exact) mass is 304 g/mol. The van der Waals surface area contributed by atoms with Crippen LogP contribution in [0.15, 0.2) is 53.4 Å². The quantitative estimate of drug-likeness (QED) is 0.857. The second-order valence-corrected chi connectivity index (χ2v) is 6.07. The number of hydrogen-bond donors (Lipinski definition) is 0. The molecule has 2 aromatic rings. The van der Waals surface area contributed by atoms with Crippen LogP contribution in [0.3, 0.4) is 0 Å². The van der Waals surface area contributed by atoms with Gasteiger partial charge in [-0.05, 0) is 23.8 Å². The lowest BCUT2D eigenvalue weighted by molar-refractivity contribution is -0.124. The van der Waals surface area contributed by atoms with Crippen LogP contribution >= 0.6 is 23.4 Å². The molecule has 2 nitrogen and oxygen atoms in total. The SMILES string of the molecule is O=C(Cc1ccccc1Cl)C1CSc2ccccc2O1. The Bertz CT molecular complexity index is 642. The van der Waals surface area contributed by atoms with Crippen LogP contribution < -0.4 is 4.74 Å². The lowest BCUT2D eigenvalue weighted by atomic mass is 10.1. The molecule has 4 heteroatoms. The topological polar surface area (TPSA) is 26.3 Å². The van der Waals surface area contributed by atoms with E-state index in [1.807, 2.05) is 42.5 Å². The van der Waals surface area contributed by atoms with Gasteiger partial charge in [0.15, 0.2) is 11.9 Å². The normalized spacial score (nSPS) is 17.1. The molecule has 0 aliphatic carbocycles. The van der Waals surface area contributed by atoms with Crippen molar-refractivity contribution in [1.29, 1.82) is 0 Å². The van der Waals surface area contributed by atoms with Crippen molar-refractivity contribution >= 4 is 29.1 Å². The molecule has 0 aromatic heterocycles. The largest absolute Gasteiger partial charge is 0.481 e. The summed E-state index contributed by atoms with van der Waals surface area (Å²) in [4.78, 5) is 13.4. The number of Topliss-reactive ketones (excluding diaryl/α,β-unsaturated/α-hetero) is 1. The third kappa shape index (κ3) is 2.84. The fourth-order valence-corrected chi connectivity index (χ4v) is 3.34. The van der Waals surface area contributed by atoms with E-state index >= 15 is 0 Å². The molecule has 0 saturated carbocycles. The Labute approximate surface area is 127 Å². The van der Waals surface area contributed by atoms with Gasteiger partial charge in [0, 0.05) is 22.1 Å². The van der Waals surface area contributed by atoms with Gasteiger partial charge in [-0.1, -0.05) is 41.9 Å². The third-order valence-corrected chi connectivity index (χ3v) is 4.68. The van der Waals surface area contributed by atoms with Crippen molar-refractivity contribution < 1.29 is 9.53 Å². The third-order valence-electron chi connectivity index (χ3n) is 3.19. The van der Waals surface area contributed by atoms with E-state index in [1.54, 1.807) is 17.8 Å². The Balaban J connectivity index is 1.72. The summed E-state index contributed by atoms with van der Waals surface area (Å²) in [6.45, 7) is 0. The van der Waals surface area contributed by atoms with Crippen molar-refractivity contribution in [3.05, 3.63) is 59.1 Å². The molecule has 0 saturated heterocycles. The maximum Gasteiger partial charge on any atom is 0.178 e. The second kappa shape index (κ2) is 5.90. The first kappa shape index (κ1) is 13.5. The van der Waals surface area contributed by atoms with Gasteiger partial charge in [-0.2, -0.15) is 0 Å². The second-order valence-electron chi connectivity index (χ2n) is 4.60. The van der Waals surface area contributed by atoms with E-state index in [0.29, 0.717) is 17.2 Å². The molecule has 2 aromatic carbocycles. The zero-order chi connectivity index (χ0) is 13.9. The van der Waals surface area contributed by atoms with Gasteiger partial charge in [0.25, 0.3) is 0 Å². The summed E-state index contributed by atoms with van der Waals surface area (Å²) in [5.74, 6) is 1.52. The molecule has 0 spiro atoms.